The lowest BCUT2D eigenvalue weighted by Gasteiger charge is -1.62. The number of carbonyl (C=O) groups excluding carboxylic acids is 2. The van der Waals surface area contributed by atoms with Gasteiger partial charge < -0.3 is 27.7 Å². The van der Waals surface area contributed by atoms with Gasteiger partial charge in [-0.2, -0.15) is 0 Å². The zero-order chi connectivity index (χ0) is 9.86. The highest BCUT2D eigenvalue weighted by Crippen LogP contribution is 1.28. The third kappa shape index (κ3) is 160. The maximum Gasteiger partial charge on any atom is 0.309 e. The summed E-state index contributed by atoms with van der Waals surface area (Å²) >= 11 is 0. The Hall–Kier alpha value is -1.50. The number of amides is 4. The first-order valence-electron chi connectivity index (χ1n) is 2.38. The molecule has 0 unspecified atom stereocenters. The van der Waals surface area contributed by atoms with Gasteiger partial charge in [0, 0.05) is 14.2 Å². The zero-order valence-corrected chi connectivity index (χ0v) is 6.53. The van der Waals surface area contributed by atoms with E-state index < -0.39 is 12.1 Å². The van der Waals surface area contributed by atoms with E-state index in [2.05, 4.69) is 27.7 Å². The van der Waals surface area contributed by atoms with Gasteiger partial charge in [0.05, 0.1) is 0 Å². The van der Waals surface area contributed by atoms with Gasteiger partial charge in [-0.3, -0.25) is 0 Å². The highest BCUT2D eigenvalue weighted by atomic mass is 16.4. The number of primary amides is 4. The predicted octanol–water partition coefficient (Wildman–Crippen LogP) is -1.69. The Balaban J connectivity index is -0.0000000886. The topological polar surface area (TPSA) is 147 Å². The minimum atomic E-state index is -0.833. The molecular formula is C4H14N4O3. The molecule has 0 saturated heterocycles. The second kappa shape index (κ2) is 15.8. The first-order valence-corrected chi connectivity index (χ1v) is 2.38. The van der Waals surface area contributed by atoms with Gasteiger partial charge in [0.25, 0.3) is 0 Å². The average molecular weight is 166 g/mol. The highest BCUT2D eigenvalue weighted by molar-refractivity contribution is 5.69. The van der Waals surface area contributed by atoms with Crippen LogP contribution >= 0.6 is 0 Å². The summed E-state index contributed by atoms with van der Waals surface area (Å²) in [6.45, 7) is 0. The Labute approximate surface area is 64.6 Å². The van der Waals surface area contributed by atoms with Crippen molar-refractivity contribution >= 4 is 12.1 Å². The Bertz CT molecular complexity index is 85.5. The lowest BCUT2D eigenvalue weighted by atomic mass is 11.2. The Morgan fingerprint density at radius 1 is 0.909 bits per heavy atom. The zero-order valence-electron chi connectivity index (χ0n) is 6.53. The van der Waals surface area contributed by atoms with Crippen LogP contribution in [0.15, 0.2) is 0 Å². The fourth-order valence-electron chi connectivity index (χ4n) is 0. The molecule has 0 heterocycles. The first kappa shape index (κ1) is 16.2. The summed E-state index contributed by atoms with van der Waals surface area (Å²) in [6, 6.07) is -1.67. The molecule has 0 radical (unpaired) electrons. The Kier molecular flexibility index (Phi) is 23.3. The van der Waals surface area contributed by atoms with Crippen molar-refractivity contribution in [2.24, 2.45) is 22.9 Å². The quantitative estimate of drug-likeness (QED) is 0.340. The van der Waals surface area contributed by atoms with E-state index in [9.17, 15) is 0 Å². The lowest BCUT2D eigenvalue weighted by molar-refractivity contribution is 0.255. The number of hydrogen-bond donors (Lipinski definition) is 4. The average Bonchev–Trinajstić information content (AvgIpc) is 1.60. The van der Waals surface area contributed by atoms with Crippen molar-refractivity contribution in [1.82, 2.24) is 0 Å². The Morgan fingerprint density at radius 3 is 0.909 bits per heavy atom. The van der Waals surface area contributed by atoms with Crippen molar-refractivity contribution in [3.05, 3.63) is 0 Å². The number of urea groups is 2. The largest absolute Gasteiger partial charge is 0.388 e. The van der Waals surface area contributed by atoms with Crippen molar-refractivity contribution in [3.63, 3.8) is 0 Å². The van der Waals surface area contributed by atoms with Crippen LogP contribution in [0.3, 0.4) is 0 Å². The molecule has 0 aliphatic rings. The van der Waals surface area contributed by atoms with Gasteiger partial charge in [-0.15, -0.1) is 0 Å². The summed E-state index contributed by atoms with van der Waals surface area (Å²) in [5.74, 6) is 0. The maximum atomic E-state index is 9.00. The van der Waals surface area contributed by atoms with Crippen LogP contribution < -0.4 is 22.9 Å². The standard InChI is InChI=1S/C2H6O.2CH4N2O/c1-3-2;2*2-1(3)4/h1-2H3;2*(H4,2,3,4). The van der Waals surface area contributed by atoms with E-state index in [1.54, 1.807) is 14.2 Å². The van der Waals surface area contributed by atoms with Gasteiger partial charge in [-0.05, 0) is 0 Å². The van der Waals surface area contributed by atoms with E-state index in [-0.39, 0.29) is 0 Å². The van der Waals surface area contributed by atoms with Crippen LogP contribution in [-0.4, -0.2) is 26.3 Å². The molecule has 7 nitrogen and oxygen atoms in total. The molecule has 8 N–H and O–H groups in total. The van der Waals surface area contributed by atoms with E-state index in [1.807, 2.05) is 0 Å². The molecule has 0 aromatic heterocycles. The number of methoxy groups -OCH3 is 1. The van der Waals surface area contributed by atoms with Crippen LogP contribution in [0.4, 0.5) is 9.59 Å². The van der Waals surface area contributed by atoms with Crippen LogP contribution in [-0.2, 0) is 4.74 Å². The van der Waals surface area contributed by atoms with Gasteiger partial charge in [0.2, 0.25) is 0 Å². The van der Waals surface area contributed by atoms with Gasteiger partial charge in [0.1, 0.15) is 0 Å². The van der Waals surface area contributed by atoms with E-state index >= 15 is 0 Å². The predicted molar refractivity (Wildman–Crippen MR) is 40.5 cm³/mol. The van der Waals surface area contributed by atoms with Gasteiger partial charge >= 0.3 is 12.1 Å². The molecular weight excluding hydrogens is 152 g/mol. The molecule has 4 amide bonds. The molecule has 0 saturated carbocycles. The van der Waals surface area contributed by atoms with Crippen molar-refractivity contribution in [2.75, 3.05) is 14.2 Å². The molecule has 68 valence electrons. The summed E-state index contributed by atoms with van der Waals surface area (Å²) in [4.78, 5) is 18.0. The molecule has 0 aromatic carbocycles. The molecule has 0 fully saturated rings. The number of nitrogens with two attached hydrogens (primary N) is 4. The highest BCUT2D eigenvalue weighted by Gasteiger charge is 1.61. The summed E-state index contributed by atoms with van der Waals surface area (Å²) in [5.41, 5.74) is 17.0. The van der Waals surface area contributed by atoms with Crippen molar-refractivity contribution < 1.29 is 14.3 Å². The summed E-state index contributed by atoms with van der Waals surface area (Å²) < 4.78 is 4.25. The smallest absolute Gasteiger partial charge is 0.309 e. The third-order valence-corrected chi connectivity index (χ3v) is 0. The first-order chi connectivity index (χ1) is 4.88. The van der Waals surface area contributed by atoms with E-state index in [4.69, 9.17) is 9.59 Å². The Morgan fingerprint density at radius 2 is 0.909 bits per heavy atom. The molecule has 0 rings (SSSR count). The number of hydrogen-bond acceptors (Lipinski definition) is 3. The van der Waals surface area contributed by atoms with E-state index in [0.29, 0.717) is 0 Å². The molecule has 0 aliphatic carbocycles. The second-order valence-corrected chi connectivity index (χ2v) is 1.21. The minimum absolute atomic E-state index is 0.833. The van der Waals surface area contributed by atoms with Crippen LogP contribution in [0.25, 0.3) is 0 Å². The van der Waals surface area contributed by atoms with Gasteiger partial charge in [-0.25, -0.2) is 9.59 Å². The number of rotatable bonds is 0. The van der Waals surface area contributed by atoms with Crippen molar-refractivity contribution in [2.45, 2.75) is 0 Å². The second-order valence-electron chi connectivity index (χ2n) is 1.21. The monoisotopic (exact) mass is 166 g/mol. The molecule has 7 heteroatoms. The summed E-state index contributed by atoms with van der Waals surface area (Å²) in [7, 11) is 3.25. The van der Waals surface area contributed by atoms with E-state index in [0.717, 1.165) is 0 Å². The minimum Gasteiger partial charge on any atom is -0.388 e. The van der Waals surface area contributed by atoms with Crippen LogP contribution in [0, 0.1) is 0 Å². The molecule has 0 atom stereocenters. The normalized spacial score (nSPS) is 6.00. The number of ether oxygens (including phenoxy) is 1. The van der Waals surface area contributed by atoms with Gasteiger partial charge in [-0.1, -0.05) is 0 Å². The van der Waals surface area contributed by atoms with Crippen molar-refractivity contribution in [1.29, 1.82) is 0 Å². The van der Waals surface area contributed by atoms with E-state index in [1.165, 1.54) is 0 Å². The molecule has 0 aromatic rings. The van der Waals surface area contributed by atoms with Crippen LogP contribution in [0.2, 0.25) is 0 Å². The third-order valence-electron chi connectivity index (χ3n) is 0. The fourth-order valence-corrected chi connectivity index (χ4v) is 0. The molecule has 0 aliphatic heterocycles. The SMILES string of the molecule is COC.NC(N)=O.NC(N)=O. The van der Waals surface area contributed by atoms with Crippen molar-refractivity contribution in [3.8, 4) is 0 Å². The molecule has 0 bridgehead atoms. The summed E-state index contributed by atoms with van der Waals surface area (Å²) in [6.07, 6.45) is 0. The maximum absolute atomic E-state index is 9.00. The lowest BCUT2D eigenvalue weighted by Crippen LogP contribution is -2.18. The number of carbonyl (C=O) groups is 2. The van der Waals surface area contributed by atoms with Crippen LogP contribution in [0.1, 0.15) is 0 Å². The molecule has 0 spiro atoms. The van der Waals surface area contributed by atoms with Crippen LogP contribution in [0.5, 0.6) is 0 Å². The van der Waals surface area contributed by atoms with Gasteiger partial charge in [0.15, 0.2) is 0 Å². The summed E-state index contributed by atoms with van der Waals surface area (Å²) in [5, 5.41) is 0. The molecule has 11 heavy (non-hydrogen) atoms. The fraction of sp³-hybridized carbons (Fsp3) is 0.500.